The monoisotopic (exact) mass is 673 g/mol. The zero-order valence-electron chi connectivity index (χ0n) is 32.2. The van der Waals surface area contributed by atoms with Gasteiger partial charge < -0.3 is 9.47 Å². The van der Waals surface area contributed by atoms with Gasteiger partial charge in [-0.25, -0.2) is 0 Å². The number of carbonyl (C=O) groups excluding carboxylic acids is 2. The first-order chi connectivity index (χ1) is 22.1. The van der Waals surface area contributed by atoms with Crippen molar-refractivity contribution in [2.75, 3.05) is 0 Å². The number of rotatable bonds is 7. The summed E-state index contributed by atoms with van der Waals surface area (Å²) in [6, 6.07) is 0. The Labute approximate surface area is 291 Å². The number of Topliss-reactive ketones (excluding diaryl/α,β-unsaturated/α-hetero) is 2. The molecule has 6 aliphatic rings. The van der Waals surface area contributed by atoms with Crippen molar-refractivity contribution >= 4 is 11.6 Å². The molecule has 8 heteroatoms. The van der Waals surface area contributed by atoms with Gasteiger partial charge in [0.25, 0.3) is 0 Å². The molecule has 0 aromatic rings. The Kier molecular flexibility index (Phi) is 9.50. The fraction of sp³-hybridized carbons (Fsp3) is 0.950. The lowest BCUT2D eigenvalue weighted by molar-refractivity contribution is -0.331. The summed E-state index contributed by atoms with van der Waals surface area (Å²) in [5.74, 6) is 0.421. The van der Waals surface area contributed by atoms with E-state index in [-0.39, 0.29) is 45.9 Å². The molecule has 0 amide bonds. The second kappa shape index (κ2) is 12.4. The van der Waals surface area contributed by atoms with E-state index in [4.69, 9.17) is 19.1 Å². The standard InChI is InChI=1S/C40H68N2O6/c1-33(2)25-39(26-34(3,4)41(33)45-29-17-13-11-14-18-29)31(43)23-37(9,47-39)21-22-38(10)24-32(44)40(48-38)27-35(5,6)42(36(7,8)28-40)46-30-19-15-12-16-20-30/h29-30H,11-28H2,1-10H3. The van der Waals surface area contributed by atoms with E-state index in [1.165, 1.54) is 38.5 Å². The van der Waals surface area contributed by atoms with E-state index < -0.39 is 22.4 Å². The maximum Gasteiger partial charge on any atom is 0.167 e. The predicted octanol–water partition coefficient (Wildman–Crippen LogP) is 8.58. The molecule has 4 saturated heterocycles. The third-order valence-electron chi connectivity index (χ3n) is 12.8. The molecule has 274 valence electrons. The van der Waals surface area contributed by atoms with Crippen LogP contribution in [0.1, 0.15) is 185 Å². The molecule has 0 radical (unpaired) electrons. The summed E-state index contributed by atoms with van der Waals surface area (Å²) >= 11 is 0. The Morgan fingerprint density at radius 3 is 1.10 bits per heavy atom. The molecule has 48 heavy (non-hydrogen) atoms. The van der Waals surface area contributed by atoms with E-state index in [9.17, 15) is 9.59 Å². The lowest BCUT2D eigenvalue weighted by atomic mass is 9.70. The van der Waals surface area contributed by atoms with E-state index in [1.807, 2.05) is 0 Å². The number of ketones is 2. The number of piperidine rings is 2. The van der Waals surface area contributed by atoms with Gasteiger partial charge in [-0.1, -0.05) is 38.5 Å². The minimum absolute atomic E-state index is 0.211. The van der Waals surface area contributed by atoms with Crippen LogP contribution in [0.5, 0.6) is 0 Å². The molecule has 2 atom stereocenters. The van der Waals surface area contributed by atoms with Crippen molar-refractivity contribution < 1.29 is 28.7 Å². The first kappa shape index (κ1) is 36.9. The van der Waals surface area contributed by atoms with Crippen molar-refractivity contribution in [1.82, 2.24) is 10.1 Å². The maximum absolute atomic E-state index is 14.0. The summed E-state index contributed by atoms with van der Waals surface area (Å²) in [5.41, 5.74) is -4.27. The van der Waals surface area contributed by atoms with Crippen LogP contribution in [0.15, 0.2) is 0 Å². The van der Waals surface area contributed by atoms with Gasteiger partial charge in [-0.15, -0.1) is 0 Å². The SMILES string of the molecule is CC1(CCC2(C)CC(=O)C3(CC(C)(C)N(OC4CCCCC4)C(C)(C)C3)O2)CC(=O)C2(CC(C)(C)N(OC3CCCCC3)C(C)(C)C2)O1. The molecule has 0 aromatic heterocycles. The molecule has 4 aliphatic heterocycles. The summed E-state index contributed by atoms with van der Waals surface area (Å²) in [6.07, 6.45) is 17.0. The van der Waals surface area contributed by atoms with Crippen LogP contribution in [0.2, 0.25) is 0 Å². The molecule has 0 aromatic carbocycles. The summed E-state index contributed by atoms with van der Waals surface area (Å²) in [7, 11) is 0. The quantitative estimate of drug-likeness (QED) is 0.266. The lowest BCUT2D eigenvalue weighted by Gasteiger charge is -2.57. The number of hydroxylamine groups is 4. The van der Waals surface area contributed by atoms with E-state index in [2.05, 4.69) is 79.4 Å². The first-order valence-electron chi connectivity index (χ1n) is 19.5. The molecular weight excluding hydrogens is 604 g/mol. The van der Waals surface area contributed by atoms with Crippen molar-refractivity contribution in [2.45, 2.75) is 242 Å². The lowest BCUT2D eigenvalue weighted by Crippen LogP contribution is -2.67. The summed E-state index contributed by atoms with van der Waals surface area (Å²) in [5, 5.41) is 4.42. The van der Waals surface area contributed by atoms with Gasteiger partial charge in [0, 0.05) is 60.7 Å². The van der Waals surface area contributed by atoms with Crippen LogP contribution in [0.3, 0.4) is 0 Å². The van der Waals surface area contributed by atoms with Gasteiger partial charge in [0.05, 0.1) is 23.4 Å². The Bertz CT molecular complexity index is 1100. The number of ether oxygens (including phenoxy) is 2. The van der Waals surface area contributed by atoms with Gasteiger partial charge in [0.1, 0.15) is 11.2 Å². The number of hydrogen-bond donors (Lipinski definition) is 0. The van der Waals surface area contributed by atoms with Crippen LogP contribution >= 0.6 is 0 Å². The summed E-state index contributed by atoms with van der Waals surface area (Å²) in [4.78, 5) is 41.5. The Hall–Kier alpha value is -0.900. The second-order valence-corrected chi connectivity index (χ2v) is 20.1. The molecule has 2 saturated carbocycles. The highest BCUT2D eigenvalue weighted by Gasteiger charge is 2.65. The van der Waals surface area contributed by atoms with Gasteiger partial charge in [0.15, 0.2) is 11.6 Å². The van der Waals surface area contributed by atoms with Crippen LogP contribution in [0, 0.1) is 0 Å². The Morgan fingerprint density at radius 1 is 0.521 bits per heavy atom. The highest BCUT2D eigenvalue weighted by Crippen LogP contribution is 2.56. The minimum atomic E-state index is -0.831. The maximum atomic E-state index is 14.0. The fourth-order valence-corrected chi connectivity index (χ4v) is 11.5. The van der Waals surface area contributed by atoms with Crippen LogP contribution in [-0.4, -0.2) is 78.5 Å². The smallest absolute Gasteiger partial charge is 0.167 e. The summed E-state index contributed by atoms with van der Waals surface area (Å²) < 4.78 is 14.0. The molecule has 0 bridgehead atoms. The van der Waals surface area contributed by atoms with Crippen LogP contribution in [0.4, 0.5) is 0 Å². The topological polar surface area (TPSA) is 77.5 Å². The van der Waals surface area contributed by atoms with Crippen LogP contribution in [-0.2, 0) is 28.7 Å². The van der Waals surface area contributed by atoms with Crippen molar-refractivity contribution in [3.63, 3.8) is 0 Å². The van der Waals surface area contributed by atoms with E-state index >= 15 is 0 Å². The highest BCUT2D eigenvalue weighted by atomic mass is 16.7. The number of carbonyl (C=O) groups is 2. The molecule has 0 N–H and O–H groups in total. The molecule has 2 spiro atoms. The highest BCUT2D eigenvalue weighted by molar-refractivity contribution is 5.91. The number of hydrogen-bond acceptors (Lipinski definition) is 8. The van der Waals surface area contributed by atoms with Crippen molar-refractivity contribution in [3.05, 3.63) is 0 Å². The van der Waals surface area contributed by atoms with Crippen LogP contribution < -0.4 is 0 Å². The van der Waals surface area contributed by atoms with Crippen molar-refractivity contribution in [3.8, 4) is 0 Å². The zero-order chi connectivity index (χ0) is 35.0. The third kappa shape index (κ3) is 6.98. The fourth-order valence-electron chi connectivity index (χ4n) is 11.5. The molecule has 8 nitrogen and oxygen atoms in total. The molecule has 6 rings (SSSR count). The Balaban J connectivity index is 1.12. The predicted molar refractivity (Wildman–Crippen MR) is 187 cm³/mol. The van der Waals surface area contributed by atoms with Crippen molar-refractivity contribution in [2.24, 2.45) is 0 Å². The number of nitrogens with zero attached hydrogens (tertiary/aromatic N) is 2. The van der Waals surface area contributed by atoms with Gasteiger partial charge in [-0.05, 0) is 108 Å². The second-order valence-electron chi connectivity index (χ2n) is 20.1. The van der Waals surface area contributed by atoms with Gasteiger partial charge >= 0.3 is 0 Å². The van der Waals surface area contributed by atoms with E-state index in [0.29, 0.717) is 51.4 Å². The third-order valence-corrected chi connectivity index (χ3v) is 12.8. The first-order valence-corrected chi connectivity index (χ1v) is 19.5. The normalized spacial score (nSPS) is 36.7. The molecular formula is C40H68N2O6. The van der Waals surface area contributed by atoms with Gasteiger partial charge in [-0.3, -0.25) is 19.3 Å². The molecule has 4 heterocycles. The van der Waals surface area contributed by atoms with E-state index in [0.717, 1.165) is 25.7 Å². The van der Waals surface area contributed by atoms with E-state index in [1.54, 1.807) is 0 Å². The minimum Gasteiger partial charge on any atom is -0.360 e. The average Bonchev–Trinajstić information content (AvgIpc) is 3.34. The average molecular weight is 673 g/mol. The van der Waals surface area contributed by atoms with Gasteiger partial charge in [0.2, 0.25) is 0 Å². The molecule has 6 fully saturated rings. The Morgan fingerprint density at radius 2 is 0.812 bits per heavy atom. The molecule has 2 unspecified atom stereocenters. The largest absolute Gasteiger partial charge is 0.360 e. The van der Waals surface area contributed by atoms with Crippen molar-refractivity contribution in [1.29, 1.82) is 0 Å². The van der Waals surface area contributed by atoms with Crippen LogP contribution in [0.25, 0.3) is 0 Å². The summed E-state index contributed by atoms with van der Waals surface area (Å²) in [6.45, 7) is 21.9. The van der Waals surface area contributed by atoms with Gasteiger partial charge in [-0.2, -0.15) is 10.1 Å². The zero-order valence-corrected chi connectivity index (χ0v) is 32.2. The molecule has 2 aliphatic carbocycles.